The van der Waals surface area contributed by atoms with Crippen LogP contribution in [0.15, 0.2) is 18.2 Å². The van der Waals surface area contributed by atoms with Crippen molar-refractivity contribution in [3.63, 3.8) is 0 Å². The quantitative estimate of drug-likeness (QED) is 0.496. The molecule has 5 N–H and O–H groups in total. The summed E-state index contributed by atoms with van der Waals surface area (Å²) in [5, 5.41) is 11.6. The van der Waals surface area contributed by atoms with Gasteiger partial charge in [0.1, 0.15) is 0 Å². The van der Waals surface area contributed by atoms with Crippen molar-refractivity contribution in [1.82, 2.24) is 5.48 Å². The Balaban J connectivity index is 2.07. The Morgan fingerprint density at radius 3 is 2.68 bits per heavy atom. The van der Waals surface area contributed by atoms with Gasteiger partial charge in [-0.25, -0.2) is 5.48 Å². The second-order valence-corrected chi connectivity index (χ2v) is 6.16. The van der Waals surface area contributed by atoms with Crippen molar-refractivity contribution in [2.24, 2.45) is 17.6 Å². The van der Waals surface area contributed by atoms with Crippen LogP contribution >= 0.6 is 0 Å². The Hall–Kier alpha value is -1.92. The van der Waals surface area contributed by atoms with E-state index in [1.54, 1.807) is 5.48 Å². The van der Waals surface area contributed by atoms with Crippen molar-refractivity contribution in [3.05, 3.63) is 29.3 Å². The minimum absolute atomic E-state index is 0.0791. The molecule has 1 aliphatic carbocycles. The Kier molecular flexibility index (Phi) is 5.15. The van der Waals surface area contributed by atoms with Crippen molar-refractivity contribution in [2.45, 2.75) is 39.2 Å². The number of fused-ring (bicyclic) bond motifs is 1. The summed E-state index contributed by atoms with van der Waals surface area (Å²) in [5.41, 5.74) is 10.5. The predicted molar refractivity (Wildman–Crippen MR) is 83.3 cm³/mol. The highest BCUT2D eigenvalue weighted by Crippen LogP contribution is 2.28. The Morgan fingerprint density at radius 1 is 1.32 bits per heavy atom. The van der Waals surface area contributed by atoms with Crippen molar-refractivity contribution < 1.29 is 14.8 Å². The fraction of sp³-hybridized carbons (Fsp3) is 0.500. The highest BCUT2D eigenvalue weighted by molar-refractivity contribution is 5.95. The van der Waals surface area contributed by atoms with Crippen LogP contribution in [0.4, 0.5) is 5.69 Å². The van der Waals surface area contributed by atoms with Crippen molar-refractivity contribution in [1.29, 1.82) is 0 Å². The van der Waals surface area contributed by atoms with Crippen LogP contribution < -0.4 is 16.5 Å². The first kappa shape index (κ1) is 16.5. The van der Waals surface area contributed by atoms with Gasteiger partial charge in [-0.05, 0) is 48.4 Å². The summed E-state index contributed by atoms with van der Waals surface area (Å²) in [6.45, 7) is 3.81. The average Bonchev–Trinajstić information content (AvgIpc) is 2.52. The Morgan fingerprint density at radius 2 is 2.05 bits per heavy atom. The molecule has 6 nitrogen and oxygen atoms in total. The maximum Gasteiger partial charge on any atom is 0.246 e. The molecular formula is C16H23N3O3. The number of hydroxylamine groups is 1. The molecule has 0 aromatic heterocycles. The SMILES string of the molecule is CC(C)[C@H](N)C(=O)Nc1ccc2c(c1)CCC(C(=O)NO)C2. The number of anilines is 1. The van der Waals surface area contributed by atoms with E-state index in [9.17, 15) is 9.59 Å². The minimum Gasteiger partial charge on any atom is -0.325 e. The Bertz CT molecular complexity index is 572. The molecule has 2 amide bonds. The first-order valence-corrected chi connectivity index (χ1v) is 7.54. The average molecular weight is 305 g/mol. The van der Waals surface area contributed by atoms with E-state index in [0.717, 1.165) is 23.2 Å². The molecular weight excluding hydrogens is 282 g/mol. The normalized spacial score (nSPS) is 18.5. The molecule has 1 aromatic rings. The van der Waals surface area contributed by atoms with E-state index < -0.39 is 6.04 Å². The molecule has 1 aliphatic rings. The smallest absolute Gasteiger partial charge is 0.246 e. The second-order valence-electron chi connectivity index (χ2n) is 6.16. The lowest BCUT2D eigenvalue weighted by molar-refractivity contribution is -0.133. The summed E-state index contributed by atoms with van der Waals surface area (Å²) in [4.78, 5) is 23.5. The van der Waals surface area contributed by atoms with Gasteiger partial charge in [0, 0.05) is 11.6 Å². The summed E-state index contributed by atoms with van der Waals surface area (Å²) in [7, 11) is 0. The molecule has 2 rings (SSSR count). The minimum atomic E-state index is -0.534. The lowest BCUT2D eigenvalue weighted by Crippen LogP contribution is -2.39. The van der Waals surface area contributed by atoms with E-state index in [2.05, 4.69) is 5.32 Å². The van der Waals surface area contributed by atoms with E-state index in [0.29, 0.717) is 12.8 Å². The zero-order chi connectivity index (χ0) is 16.3. The van der Waals surface area contributed by atoms with Gasteiger partial charge in [-0.15, -0.1) is 0 Å². The maximum atomic E-state index is 12.0. The van der Waals surface area contributed by atoms with Gasteiger partial charge in [0.2, 0.25) is 11.8 Å². The third kappa shape index (κ3) is 3.64. The number of hydrogen-bond acceptors (Lipinski definition) is 4. The van der Waals surface area contributed by atoms with Gasteiger partial charge in [0.05, 0.1) is 6.04 Å². The van der Waals surface area contributed by atoms with E-state index in [-0.39, 0.29) is 23.7 Å². The van der Waals surface area contributed by atoms with Gasteiger partial charge in [-0.2, -0.15) is 0 Å². The largest absolute Gasteiger partial charge is 0.325 e. The number of benzene rings is 1. The number of carbonyl (C=O) groups is 2. The first-order chi connectivity index (χ1) is 10.4. The van der Waals surface area contributed by atoms with Gasteiger partial charge < -0.3 is 11.1 Å². The van der Waals surface area contributed by atoms with Crippen LogP contribution in [0.25, 0.3) is 0 Å². The number of rotatable bonds is 4. The van der Waals surface area contributed by atoms with Gasteiger partial charge in [0.15, 0.2) is 0 Å². The molecule has 0 radical (unpaired) electrons. The van der Waals surface area contributed by atoms with E-state index in [4.69, 9.17) is 10.9 Å². The van der Waals surface area contributed by atoms with Crippen LogP contribution in [-0.4, -0.2) is 23.1 Å². The molecule has 2 atom stereocenters. The molecule has 0 spiro atoms. The van der Waals surface area contributed by atoms with Crippen LogP contribution in [0.2, 0.25) is 0 Å². The molecule has 6 heteroatoms. The van der Waals surface area contributed by atoms with Gasteiger partial charge in [-0.3, -0.25) is 14.8 Å². The predicted octanol–water partition coefficient (Wildman–Crippen LogP) is 1.22. The van der Waals surface area contributed by atoms with Crippen LogP contribution in [0.1, 0.15) is 31.4 Å². The fourth-order valence-corrected chi connectivity index (χ4v) is 2.68. The number of nitrogens with one attached hydrogen (secondary N) is 2. The highest BCUT2D eigenvalue weighted by Gasteiger charge is 2.25. The number of hydrogen-bond donors (Lipinski definition) is 4. The summed E-state index contributed by atoms with van der Waals surface area (Å²) in [5.74, 6) is -0.656. The third-order valence-corrected chi connectivity index (χ3v) is 4.20. The lowest BCUT2D eigenvalue weighted by Gasteiger charge is -2.24. The highest BCUT2D eigenvalue weighted by atomic mass is 16.5. The third-order valence-electron chi connectivity index (χ3n) is 4.20. The monoisotopic (exact) mass is 305 g/mol. The van der Waals surface area contributed by atoms with Crippen LogP contribution in [-0.2, 0) is 22.4 Å². The van der Waals surface area contributed by atoms with Gasteiger partial charge >= 0.3 is 0 Å². The summed E-state index contributed by atoms with van der Waals surface area (Å²) < 4.78 is 0. The molecule has 0 saturated carbocycles. The number of aryl methyl sites for hydroxylation is 1. The van der Waals surface area contributed by atoms with E-state index in [1.807, 2.05) is 32.0 Å². The number of amides is 2. The zero-order valence-corrected chi connectivity index (χ0v) is 12.9. The molecule has 22 heavy (non-hydrogen) atoms. The van der Waals surface area contributed by atoms with Crippen molar-refractivity contribution in [2.75, 3.05) is 5.32 Å². The maximum absolute atomic E-state index is 12.0. The summed E-state index contributed by atoms with van der Waals surface area (Å²) >= 11 is 0. The van der Waals surface area contributed by atoms with Crippen molar-refractivity contribution >= 4 is 17.5 Å². The molecule has 0 saturated heterocycles. The van der Waals surface area contributed by atoms with Gasteiger partial charge in [0.25, 0.3) is 0 Å². The zero-order valence-electron chi connectivity index (χ0n) is 12.9. The first-order valence-electron chi connectivity index (χ1n) is 7.54. The molecule has 120 valence electrons. The van der Waals surface area contributed by atoms with Crippen LogP contribution in [0.5, 0.6) is 0 Å². The van der Waals surface area contributed by atoms with Gasteiger partial charge in [-0.1, -0.05) is 19.9 Å². The molecule has 0 heterocycles. The van der Waals surface area contributed by atoms with Crippen LogP contribution in [0, 0.1) is 11.8 Å². The molecule has 1 aromatic carbocycles. The van der Waals surface area contributed by atoms with Crippen LogP contribution in [0.3, 0.4) is 0 Å². The van der Waals surface area contributed by atoms with Crippen molar-refractivity contribution in [3.8, 4) is 0 Å². The number of nitrogens with two attached hydrogens (primary N) is 1. The standard InChI is InChI=1S/C16H23N3O3/c1-9(2)14(17)16(21)18-13-6-5-10-7-12(15(20)19-22)4-3-11(10)8-13/h5-6,8-9,12,14,22H,3-4,7,17H2,1-2H3,(H,18,21)(H,19,20)/t12?,14-/m0/s1. The summed E-state index contributed by atoms with van der Waals surface area (Å²) in [6, 6.07) is 5.15. The fourth-order valence-electron chi connectivity index (χ4n) is 2.68. The lowest BCUT2D eigenvalue weighted by atomic mass is 9.83. The molecule has 0 bridgehead atoms. The molecule has 0 aliphatic heterocycles. The molecule has 0 fully saturated rings. The number of carbonyl (C=O) groups excluding carboxylic acids is 2. The topological polar surface area (TPSA) is 104 Å². The Labute approximate surface area is 130 Å². The van der Waals surface area contributed by atoms with E-state index in [1.165, 1.54) is 0 Å². The second kappa shape index (κ2) is 6.89. The van der Waals surface area contributed by atoms with E-state index >= 15 is 0 Å². The molecule has 1 unspecified atom stereocenters. The summed E-state index contributed by atoms with van der Waals surface area (Å²) in [6.07, 6.45) is 2.02.